The average Bonchev–Trinajstić information content (AvgIpc) is 2.49. The lowest BCUT2D eigenvalue weighted by atomic mass is 9.93. The summed E-state index contributed by atoms with van der Waals surface area (Å²) in [6, 6.07) is -0.0893. The van der Waals surface area contributed by atoms with Crippen molar-refractivity contribution in [3.05, 3.63) is 11.6 Å². The molecule has 0 aliphatic heterocycles. The van der Waals surface area contributed by atoms with E-state index < -0.39 is 0 Å². The van der Waals surface area contributed by atoms with Gasteiger partial charge in [-0.15, -0.1) is 0 Å². The summed E-state index contributed by atoms with van der Waals surface area (Å²) in [5, 5.41) is 0. The van der Waals surface area contributed by atoms with Crippen molar-refractivity contribution < 1.29 is 19.0 Å². The van der Waals surface area contributed by atoms with Gasteiger partial charge in [-0.2, -0.15) is 0 Å². The molecule has 4 N–H and O–H groups in total. The summed E-state index contributed by atoms with van der Waals surface area (Å²) in [4.78, 5) is 11.3. The highest BCUT2D eigenvalue weighted by Crippen LogP contribution is 2.20. The molecular weight excluding hydrogens is 248 g/mol. The minimum absolute atomic E-state index is 0.0893. The van der Waals surface area contributed by atoms with Crippen molar-refractivity contribution in [1.82, 2.24) is 0 Å². The Labute approximate surface area is 116 Å². The Morgan fingerprint density at radius 3 is 2.42 bits per heavy atom. The Balaban J connectivity index is 0. The molecule has 0 radical (unpaired) electrons. The second kappa shape index (κ2) is 13.5. The average molecular weight is 276 g/mol. The minimum atomic E-state index is -0.312. The van der Waals surface area contributed by atoms with E-state index in [4.69, 9.17) is 15.2 Å². The standard InChI is InChI=1S/C10H17NO4.C2H6.CH5N/c1-13-6-15-9-5-7(10(12)14-2)3-4-8(9)11;2*1-2/h5,8-9H,3-4,6,11H2,1-2H3;1-2H3;2H2,1H3/t8-,9-;;/m1../s1. The van der Waals surface area contributed by atoms with Crippen LogP contribution < -0.4 is 11.5 Å². The molecule has 0 amide bonds. The number of hydrogen-bond acceptors (Lipinski definition) is 6. The van der Waals surface area contributed by atoms with Crippen LogP contribution in [-0.2, 0) is 19.0 Å². The lowest BCUT2D eigenvalue weighted by Crippen LogP contribution is -2.39. The molecule has 0 bridgehead atoms. The van der Waals surface area contributed by atoms with E-state index in [1.807, 2.05) is 13.8 Å². The number of methoxy groups -OCH3 is 2. The fraction of sp³-hybridized carbons (Fsp3) is 0.769. The van der Waals surface area contributed by atoms with Crippen LogP contribution in [-0.4, -0.2) is 46.2 Å². The van der Waals surface area contributed by atoms with Crippen molar-refractivity contribution in [2.45, 2.75) is 38.8 Å². The van der Waals surface area contributed by atoms with Crippen LogP contribution >= 0.6 is 0 Å². The van der Waals surface area contributed by atoms with E-state index >= 15 is 0 Å². The molecule has 0 fully saturated rings. The van der Waals surface area contributed by atoms with Gasteiger partial charge in [-0.3, -0.25) is 0 Å². The lowest BCUT2D eigenvalue weighted by molar-refractivity contribution is -0.136. The zero-order chi connectivity index (χ0) is 15.3. The first-order valence-electron chi connectivity index (χ1n) is 6.42. The molecule has 6 heteroatoms. The topological polar surface area (TPSA) is 96.8 Å². The van der Waals surface area contributed by atoms with Crippen LogP contribution in [0.2, 0.25) is 0 Å². The Morgan fingerprint density at radius 1 is 1.37 bits per heavy atom. The summed E-state index contributed by atoms with van der Waals surface area (Å²) >= 11 is 0. The first kappa shape index (κ1) is 20.4. The van der Waals surface area contributed by atoms with Gasteiger partial charge in [-0.25, -0.2) is 4.79 Å². The molecule has 114 valence electrons. The SMILES string of the molecule is CC.CN.COCO[C@@H]1C=C(C(=O)OC)CC[C@H]1N. The lowest BCUT2D eigenvalue weighted by Gasteiger charge is -2.26. The van der Waals surface area contributed by atoms with Crippen LogP contribution in [0, 0.1) is 0 Å². The molecule has 6 nitrogen and oxygen atoms in total. The number of esters is 1. The third kappa shape index (κ3) is 7.94. The second-order valence-corrected chi connectivity index (χ2v) is 3.42. The van der Waals surface area contributed by atoms with Gasteiger partial charge in [0.15, 0.2) is 0 Å². The van der Waals surface area contributed by atoms with Crippen molar-refractivity contribution in [2.24, 2.45) is 11.5 Å². The molecule has 0 heterocycles. The number of rotatable bonds is 4. The number of carbonyl (C=O) groups excluding carboxylic acids is 1. The van der Waals surface area contributed by atoms with Crippen LogP contribution in [0.15, 0.2) is 11.6 Å². The number of hydrogen-bond donors (Lipinski definition) is 2. The Hall–Kier alpha value is -0.950. The van der Waals surface area contributed by atoms with Crippen LogP contribution in [0.4, 0.5) is 0 Å². The molecule has 0 saturated carbocycles. The third-order valence-corrected chi connectivity index (χ3v) is 2.36. The Morgan fingerprint density at radius 2 is 1.95 bits per heavy atom. The minimum Gasteiger partial charge on any atom is -0.466 e. The smallest absolute Gasteiger partial charge is 0.333 e. The summed E-state index contributed by atoms with van der Waals surface area (Å²) < 4.78 is 14.8. The van der Waals surface area contributed by atoms with Crippen molar-refractivity contribution in [3.63, 3.8) is 0 Å². The van der Waals surface area contributed by atoms with Gasteiger partial charge in [0.25, 0.3) is 0 Å². The molecule has 0 spiro atoms. The maximum absolute atomic E-state index is 11.3. The van der Waals surface area contributed by atoms with E-state index in [-0.39, 0.29) is 24.9 Å². The molecule has 0 saturated heterocycles. The molecule has 19 heavy (non-hydrogen) atoms. The highest BCUT2D eigenvalue weighted by atomic mass is 16.7. The van der Waals surface area contributed by atoms with Crippen LogP contribution in [0.1, 0.15) is 26.7 Å². The van der Waals surface area contributed by atoms with Crippen molar-refractivity contribution in [3.8, 4) is 0 Å². The van der Waals surface area contributed by atoms with E-state index in [2.05, 4.69) is 10.5 Å². The largest absolute Gasteiger partial charge is 0.466 e. The maximum atomic E-state index is 11.3. The molecule has 0 aromatic carbocycles. The summed E-state index contributed by atoms with van der Waals surface area (Å²) in [6.45, 7) is 4.17. The molecule has 0 aromatic rings. The summed E-state index contributed by atoms with van der Waals surface area (Å²) in [5.74, 6) is -0.312. The predicted octanol–water partition coefficient (Wildman–Crippen LogP) is 0.797. The molecule has 0 unspecified atom stereocenters. The summed E-state index contributed by atoms with van der Waals surface area (Å²) in [7, 11) is 4.40. The Bertz CT molecular complexity index is 257. The van der Waals surface area contributed by atoms with Gasteiger partial charge in [-0.1, -0.05) is 13.8 Å². The van der Waals surface area contributed by atoms with E-state index in [1.54, 1.807) is 13.2 Å². The van der Waals surface area contributed by atoms with Crippen LogP contribution in [0.3, 0.4) is 0 Å². The van der Waals surface area contributed by atoms with Gasteiger partial charge < -0.3 is 25.7 Å². The van der Waals surface area contributed by atoms with Crippen molar-refractivity contribution in [1.29, 1.82) is 0 Å². The highest BCUT2D eigenvalue weighted by molar-refractivity contribution is 5.88. The number of carbonyl (C=O) groups is 1. The Kier molecular flexibility index (Phi) is 14.5. The van der Waals surface area contributed by atoms with Crippen LogP contribution in [0.5, 0.6) is 0 Å². The number of nitrogens with two attached hydrogens (primary N) is 2. The fourth-order valence-corrected chi connectivity index (χ4v) is 1.51. The number of ether oxygens (including phenoxy) is 3. The van der Waals surface area contributed by atoms with E-state index in [1.165, 1.54) is 14.2 Å². The van der Waals surface area contributed by atoms with Gasteiger partial charge >= 0.3 is 5.97 Å². The molecule has 2 atom stereocenters. The quantitative estimate of drug-likeness (QED) is 0.582. The zero-order valence-electron chi connectivity index (χ0n) is 12.6. The molecule has 1 aliphatic rings. The monoisotopic (exact) mass is 276 g/mol. The van der Waals surface area contributed by atoms with Crippen molar-refractivity contribution >= 4 is 5.97 Å². The summed E-state index contributed by atoms with van der Waals surface area (Å²) in [6.07, 6.45) is 2.81. The van der Waals surface area contributed by atoms with Gasteiger partial charge in [0, 0.05) is 18.7 Å². The van der Waals surface area contributed by atoms with Gasteiger partial charge in [0.2, 0.25) is 0 Å². The molecular formula is C13H28N2O4. The maximum Gasteiger partial charge on any atom is 0.333 e. The zero-order valence-corrected chi connectivity index (χ0v) is 12.6. The van der Waals surface area contributed by atoms with Gasteiger partial charge in [0.05, 0.1) is 13.2 Å². The van der Waals surface area contributed by atoms with E-state index in [0.29, 0.717) is 12.0 Å². The molecule has 1 rings (SSSR count). The second-order valence-electron chi connectivity index (χ2n) is 3.42. The van der Waals surface area contributed by atoms with Crippen LogP contribution in [0.25, 0.3) is 0 Å². The molecule has 0 aromatic heterocycles. The van der Waals surface area contributed by atoms with Crippen molar-refractivity contribution in [2.75, 3.05) is 28.1 Å². The van der Waals surface area contributed by atoms with Gasteiger partial charge in [0.1, 0.15) is 6.79 Å². The van der Waals surface area contributed by atoms with Gasteiger partial charge in [-0.05, 0) is 26.0 Å². The first-order chi connectivity index (χ1) is 9.19. The molecule has 1 aliphatic carbocycles. The highest BCUT2D eigenvalue weighted by Gasteiger charge is 2.25. The third-order valence-electron chi connectivity index (χ3n) is 2.36. The summed E-state index contributed by atoms with van der Waals surface area (Å²) in [5.41, 5.74) is 11.0. The van der Waals surface area contributed by atoms with E-state index in [0.717, 1.165) is 6.42 Å². The first-order valence-corrected chi connectivity index (χ1v) is 6.42. The predicted molar refractivity (Wildman–Crippen MR) is 75.5 cm³/mol. The fourth-order valence-electron chi connectivity index (χ4n) is 1.51. The van der Waals surface area contributed by atoms with E-state index in [9.17, 15) is 4.79 Å². The normalized spacial score (nSPS) is 21.1.